The maximum Gasteiger partial charge on any atom is 0.0774 e. The van der Waals surface area contributed by atoms with Crippen LogP contribution >= 0.6 is 34.4 Å². The molecule has 0 aliphatic carbocycles. The van der Waals surface area contributed by atoms with Crippen LogP contribution in [0.3, 0.4) is 0 Å². The molecule has 270 valence electrons. The molecule has 4 heterocycles. The molecule has 2 aliphatic rings. The number of anilines is 5. The Morgan fingerprint density at radius 2 is 1.02 bits per heavy atom. The van der Waals surface area contributed by atoms with Gasteiger partial charge in [0, 0.05) is 62.8 Å². The summed E-state index contributed by atoms with van der Waals surface area (Å²) in [6, 6.07) is 71.7. The maximum atomic E-state index is 2.63. The van der Waals surface area contributed by atoms with Crippen molar-refractivity contribution in [1.82, 2.24) is 0 Å². The van der Waals surface area contributed by atoms with Crippen LogP contribution in [0, 0.1) is 0 Å². The number of hydrogen-bond donors (Lipinski definition) is 0. The van der Waals surface area contributed by atoms with Gasteiger partial charge in [-0.3, -0.25) is 0 Å². The molecular formula is C52H34N2S3. The van der Waals surface area contributed by atoms with Gasteiger partial charge < -0.3 is 9.80 Å². The summed E-state index contributed by atoms with van der Waals surface area (Å²) in [7, 11) is 0. The van der Waals surface area contributed by atoms with Gasteiger partial charge in [0.25, 0.3) is 0 Å². The molecule has 2 nitrogen and oxygen atoms in total. The van der Waals surface area contributed by atoms with Crippen LogP contribution in [0.4, 0.5) is 28.4 Å². The summed E-state index contributed by atoms with van der Waals surface area (Å²) in [6.45, 7) is 0. The summed E-state index contributed by atoms with van der Waals surface area (Å²) >= 11 is 5.86. The highest BCUT2D eigenvalue weighted by Crippen LogP contribution is 2.67. The fourth-order valence-electron chi connectivity index (χ4n) is 9.04. The van der Waals surface area contributed by atoms with Gasteiger partial charge in [0.2, 0.25) is 0 Å². The van der Waals surface area contributed by atoms with Crippen molar-refractivity contribution in [3.63, 3.8) is 0 Å². The Bertz CT molecular complexity index is 3110. The van der Waals surface area contributed by atoms with Crippen LogP contribution in [0.1, 0.15) is 21.7 Å². The molecule has 2 unspecified atom stereocenters. The Labute approximate surface area is 343 Å². The molecule has 12 rings (SSSR count). The molecule has 10 aromatic rings. The summed E-state index contributed by atoms with van der Waals surface area (Å²) in [5.74, 6) is 0. The van der Waals surface area contributed by atoms with Gasteiger partial charge in [0.15, 0.2) is 0 Å². The van der Waals surface area contributed by atoms with Gasteiger partial charge in [-0.25, -0.2) is 0 Å². The van der Waals surface area contributed by atoms with Crippen molar-refractivity contribution >= 4 is 93.1 Å². The minimum Gasteiger partial charge on any atom is -0.331 e. The molecule has 0 saturated carbocycles. The minimum atomic E-state index is 0.266. The van der Waals surface area contributed by atoms with Gasteiger partial charge in [-0.1, -0.05) is 121 Å². The number of rotatable bonds is 6. The lowest BCUT2D eigenvalue weighted by Gasteiger charge is -2.30. The highest BCUT2D eigenvalue weighted by atomic mass is 32.2. The third-order valence-corrected chi connectivity index (χ3v) is 15.5. The zero-order valence-corrected chi connectivity index (χ0v) is 33.2. The fraction of sp³-hybridized carbons (Fsp3) is 0.0385. The second-order valence-electron chi connectivity index (χ2n) is 14.8. The van der Waals surface area contributed by atoms with Crippen molar-refractivity contribution in [2.45, 2.75) is 16.2 Å². The third-order valence-electron chi connectivity index (χ3n) is 11.6. The topological polar surface area (TPSA) is 6.48 Å². The molecule has 0 fully saturated rings. The molecule has 0 N–H and O–H groups in total. The standard InChI is InChI=1S/C52H34N2S3/c1-2-11-33(12-3-1)34-21-25-36(26-22-34)53(37-27-23-35(24-28-37)40-16-10-20-47-48(40)41-13-4-7-17-44(41)55-47)38-29-31-39(32-30-38)54-49-42-14-5-8-18-45(42)56-51(49)52-50(54)43-15-6-9-19-46(43)57-52/h1-32,49,51H. The number of hydrogen-bond acceptors (Lipinski definition) is 5. The van der Waals surface area contributed by atoms with Crippen molar-refractivity contribution in [3.05, 3.63) is 205 Å². The Kier molecular flexibility index (Phi) is 7.68. The van der Waals surface area contributed by atoms with Crippen molar-refractivity contribution in [2.24, 2.45) is 0 Å². The number of fused-ring (bicyclic) bond motifs is 10. The molecule has 0 radical (unpaired) electrons. The number of benzene rings is 8. The van der Waals surface area contributed by atoms with E-state index < -0.39 is 0 Å². The second-order valence-corrected chi connectivity index (χ2v) is 18.1. The normalized spacial score (nSPS) is 15.6. The fourth-order valence-corrected chi connectivity index (χ4v) is 13.0. The van der Waals surface area contributed by atoms with E-state index in [0.29, 0.717) is 5.25 Å². The molecule has 2 atom stereocenters. The first-order chi connectivity index (χ1) is 28.3. The number of thioether (sulfide) groups is 1. The van der Waals surface area contributed by atoms with Crippen molar-refractivity contribution in [3.8, 4) is 22.3 Å². The van der Waals surface area contributed by atoms with E-state index in [-0.39, 0.29) is 6.04 Å². The predicted octanol–water partition coefficient (Wildman–Crippen LogP) is 16.1. The third kappa shape index (κ3) is 5.30. The largest absolute Gasteiger partial charge is 0.331 e. The van der Waals surface area contributed by atoms with Crippen LogP contribution < -0.4 is 9.80 Å². The average Bonchev–Trinajstić information content (AvgIpc) is 4.03. The van der Waals surface area contributed by atoms with E-state index in [0.717, 1.165) is 17.1 Å². The van der Waals surface area contributed by atoms with Crippen LogP contribution in [0.15, 0.2) is 199 Å². The smallest absolute Gasteiger partial charge is 0.0774 e. The van der Waals surface area contributed by atoms with E-state index in [1.54, 1.807) is 0 Å². The lowest BCUT2D eigenvalue weighted by molar-refractivity contribution is 0.741. The molecule has 2 aliphatic heterocycles. The first kappa shape index (κ1) is 33.1. The highest BCUT2D eigenvalue weighted by Gasteiger charge is 2.48. The van der Waals surface area contributed by atoms with Crippen molar-refractivity contribution in [1.29, 1.82) is 0 Å². The molecule has 0 saturated heterocycles. The Morgan fingerprint density at radius 3 is 1.77 bits per heavy atom. The van der Waals surface area contributed by atoms with E-state index in [1.807, 2.05) is 34.4 Å². The van der Waals surface area contributed by atoms with Crippen LogP contribution in [-0.4, -0.2) is 0 Å². The quantitative estimate of drug-likeness (QED) is 0.166. The zero-order valence-electron chi connectivity index (χ0n) is 30.7. The van der Waals surface area contributed by atoms with Gasteiger partial charge in [-0.05, 0) is 101 Å². The molecule has 0 spiro atoms. The SMILES string of the molecule is c1ccc(-c2ccc(N(c3ccc(-c4cccc5sc6ccccc6c45)cc3)c3ccc(N4c5c(sc6ccccc56)C5Sc6ccccc6C54)cc3)cc2)cc1. The molecule has 2 aromatic heterocycles. The average molecular weight is 783 g/mol. The monoisotopic (exact) mass is 782 g/mol. The summed E-state index contributed by atoms with van der Waals surface area (Å²) in [5.41, 5.74) is 12.3. The zero-order chi connectivity index (χ0) is 37.5. The minimum absolute atomic E-state index is 0.266. The summed E-state index contributed by atoms with van der Waals surface area (Å²) in [4.78, 5) is 7.90. The molecule has 57 heavy (non-hydrogen) atoms. The Morgan fingerprint density at radius 1 is 0.439 bits per heavy atom. The maximum absolute atomic E-state index is 2.63. The van der Waals surface area contributed by atoms with Gasteiger partial charge in [0.05, 0.1) is 17.0 Å². The van der Waals surface area contributed by atoms with Crippen molar-refractivity contribution < 1.29 is 0 Å². The lowest BCUT2D eigenvalue weighted by atomic mass is 9.99. The second kappa shape index (κ2) is 13.2. The predicted molar refractivity (Wildman–Crippen MR) is 247 cm³/mol. The highest BCUT2D eigenvalue weighted by molar-refractivity contribution is 8.00. The van der Waals surface area contributed by atoms with Gasteiger partial charge in [-0.15, -0.1) is 34.4 Å². The first-order valence-corrected chi connectivity index (χ1v) is 21.9. The molecule has 0 amide bonds. The van der Waals surface area contributed by atoms with E-state index in [9.17, 15) is 0 Å². The summed E-state index contributed by atoms with van der Waals surface area (Å²) in [5, 5.41) is 4.39. The molecule has 5 heteroatoms. The van der Waals surface area contributed by atoms with Crippen LogP contribution in [-0.2, 0) is 0 Å². The van der Waals surface area contributed by atoms with Gasteiger partial charge in [0.1, 0.15) is 0 Å². The van der Waals surface area contributed by atoms with E-state index in [2.05, 4.69) is 204 Å². The Hall–Kier alpha value is -6.11. The van der Waals surface area contributed by atoms with E-state index in [4.69, 9.17) is 0 Å². The van der Waals surface area contributed by atoms with Crippen LogP contribution in [0.25, 0.3) is 52.5 Å². The molecule has 0 bridgehead atoms. The van der Waals surface area contributed by atoms with Crippen molar-refractivity contribution in [2.75, 3.05) is 9.80 Å². The van der Waals surface area contributed by atoms with Crippen LogP contribution in [0.2, 0.25) is 0 Å². The number of nitrogens with zero attached hydrogens (tertiary/aromatic N) is 2. The van der Waals surface area contributed by atoms with Gasteiger partial charge >= 0.3 is 0 Å². The van der Waals surface area contributed by atoms with E-state index in [1.165, 1.54) is 79.2 Å². The number of thiophene rings is 2. The first-order valence-electron chi connectivity index (χ1n) is 19.4. The van der Waals surface area contributed by atoms with Gasteiger partial charge in [-0.2, -0.15) is 0 Å². The van der Waals surface area contributed by atoms with Crippen LogP contribution in [0.5, 0.6) is 0 Å². The summed E-state index contributed by atoms with van der Waals surface area (Å²) in [6.07, 6.45) is 0. The van der Waals surface area contributed by atoms with E-state index >= 15 is 0 Å². The molecule has 8 aromatic carbocycles. The molecular weight excluding hydrogens is 749 g/mol. The summed E-state index contributed by atoms with van der Waals surface area (Å²) < 4.78 is 4.01. The lowest BCUT2D eigenvalue weighted by Crippen LogP contribution is -2.19. The Balaban J connectivity index is 0.962.